The van der Waals surface area contributed by atoms with Gasteiger partial charge in [-0.1, -0.05) is 31.9 Å². The van der Waals surface area contributed by atoms with Crippen LogP contribution in [0.15, 0.2) is 27.1 Å². The number of rotatable bonds is 3. The summed E-state index contributed by atoms with van der Waals surface area (Å²) in [5.41, 5.74) is 1.71. The Morgan fingerprint density at radius 1 is 1.41 bits per heavy atom. The summed E-state index contributed by atoms with van der Waals surface area (Å²) >= 11 is 6.82. The number of halogens is 2. The number of fused-ring (bicyclic) bond motifs is 1. The topological polar surface area (TPSA) is 39.4 Å². The van der Waals surface area contributed by atoms with E-state index in [1.54, 1.807) is 13.0 Å². The summed E-state index contributed by atoms with van der Waals surface area (Å²) in [5, 5.41) is 1.55. The minimum absolute atomic E-state index is 0.238. The molecule has 0 saturated carbocycles. The van der Waals surface area contributed by atoms with Crippen LogP contribution in [0.4, 0.5) is 0 Å². The van der Waals surface area contributed by atoms with Crippen molar-refractivity contribution >= 4 is 48.8 Å². The zero-order valence-corrected chi connectivity index (χ0v) is 12.3. The molecule has 5 heteroatoms. The number of hydrogen-bond donors (Lipinski definition) is 0. The highest BCUT2D eigenvalue weighted by atomic mass is 79.9. The Bertz CT molecular complexity index is 560. The van der Waals surface area contributed by atoms with Gasteiger partial charge in [-0.2, -0.15) is 0 Å². The average Bonchev–Trinajstić information content (AvgIpc) is 2.71. The second-order valence-electron chi connectivity index (χ2n) is 3.45. The van der Waals surface area contributed by atoms with Gasteiger partial charge in [-0.25, -0.2) is 4.79 Å². The van der Waals surface area contributed by atoms with Crippen LogP contribution in [0.25, 0.3) is 11.0 Å². The number of furan rings is 1. The van der Waals surface area contributed by atoms with Crippen LogP contribution >= 0.6 is 31.9 Å². The standard InChI is InChI=1S/C12H10Br2O3/c1-2-16-12(15)10-5-7-3-9(14)4-8(6-13)11(7)17-10/h3-5H,2,6H2,1H3. The maximum absolute atomic E-state index is 11.6. The quantitative estimate of drug-likeness (QED) is 0.605. The van der Waals surface area contributed by atoms with Crippen molar-refractivity contribution in [2.24, 2.45) is 0 Å². The maximum atomic E-state index is 11.6. The molecule has 0 atom stereocenters. The lowest BCUT2D eigenvalue weighted by atomic mass is 10.2. The van der Waals surface area contributed by atoms with Gasteiger partial charge in [0.25, 0.3) is 0 Å². The van der Waals surface area contributed by atoms with E-state index in [4.69, 9.17) is 9.15 Å². The smallest absolute Gasteiger partial charge is 0.374 e. The first-order valence-corrected chi connectivity index (χ1v) is 7.02. The summed E-state index contributed by atoms with van der Waals surface area (Å²) in [6, 6.07) is 5.56. The molecule has 1 aromatic carbocycles. The molecule has 1 heterocycles. The van der Waals surface area contributed by atoms with Crippen molar-refractivity contribution in [2.45, 2.75) is 12.3 Å². The largest absolute Gasteiger partial charge is 0.460 e. The summed E-state index contributed by atoms with van der Waals surface area (Å²) < 4.78 is 11.4. The highest BCUT2D eigenvalue weighted by Crippen LogP contribution is 2.29. The van der Waals surface area contributed by atoms with E-state index in [-0.39, 0.29) is 5.76 Å². The fraction of sp³-hybridized carbons (Fsp3) is 0.250. The lowest BCUT2D eigenvalue weighted by Crippen LogP contribution is -2.02. The van der Waals surface area contributed by atoms with Crippen molar-refractivity contribution in [3.8, 4) is 0 Å². The molecule has 0 saturated heterocycles. The van der Waals surface area contributed by atoms with E-state index in [9.17, 15) is 4.79 Å². The lowest BCUT2D eigenvalue weighted by molar-refractivity contribution is 0.0492. The van der Waals surface area contributed by atoms with Gasteiger partial charge in [0, 0.05) is 20.8 Å². The van der Waals surface area contributed by atoms with E-state index < -0.39 is 5.97 Å². The van der Waals surface area contributed by atoms with Crippen molar-refractivity contribution < 1.29 is 13.9 Å². The Morgan fingerprint density at radius 3 is 2.82 bits per heavy atom. The first-order chi connectivity index (χ1) is 8.15. The van der Waals surface area contributed by atoms with Gasteiger partial charge in [0.2, 0.25) is 5.76 Å². The molecule has 0 radical (unpaired) electrons. The summed E-state index contributed by atoms with van der Waals surface area (Å²) in [5.74, 6) is -0.192. The Labute approximate surface area is 115 Å². The van der Waals surface area contributed by atoms with Crippen LogP contribution in [0.3, 0.4) is 0 Å². The fourth-order valence-corrected chi connectivity index (χ4v) is 2.53. The van der Waals surface area contributed by atoms with Crippen LogP contribution in [0.1, 0.15) is 23.0 Å². The normalized spacial score (nSPS) is 10.8. The van der Waals surface area contributed by atoms with Gasteiger partial charge in [-0.15, -0.1) is 0 Å². The molecule has 0 N–H and O–H groups in total. The maximum Gasteiger partial charge on any atom is 0.374 e. The van der Waals surface area contributed by atoms with Crippen molar-refractivity contribution in [1.29, 1.82) is 0 Å². The highest BCUT2D eigenvalue weighted by molar-refractivity contribution is 9.10. The molecule has 0 bridgehead atoms. The molecule has 0 spiro atoms. The van der Waals surface area contributed by atoms with E-state index in [1.165, 1.54) is 0 Å². The Morgan fingerprint density at radius 2 is 2.18 bits per heavy atom. The third-order valence-corrected chi connectivity index (χ3v) is 3.34. The van der Waals surface area contributed by atoms with Crippen molar-refractivity contribution in [3.05, 3.63) is 34.0 Å². The molecule has 0 unspecified atom stereocenters. The molecule has 0 aliphatic heterocycles. The van der Waals surface area contributed by atoms with E-state index in [1.807, 2.05) is 12.1 Å². The van der Waals surface area contributed by atoms with Gasteiger partial charge < -0.3 is 9.15 Å². The summed E-state index contributed by atoms with van der Waals surface area (Å²) in [4.78, 5) is 11.6. The molecule has 2 aromatic rings. The van der Waals surface area contributed by atoms with Gasteiger partial charge in [-0.05, 0) is 25.1 Å². The summed E-state index contributed by atoms with van der Waals surface area (Å²) in [6.07, 6.45) is 0. The second-order valence-corrected chi connectivity index (χ2v) is 4.92. The van der Waals surface area contributed by atoms with Crippen LogP contribution in [0.2, 0.25) is 0 Å². The minimum Gasteiger partial charge on any atom is -0.460 e. The molecule has 17 heavy (non-hydrogen) atoms. The van der Waals surface area contributed by atoms with Crippen molar-refractivity contribution in [2.75, 3.05) is 6.61 Å². The van der Waals surface area contributed by atoms with Crippen LogP contribution in [-0.2, 0) is 10.1 Å². The monoisotopic (exact) mass is 360 g/mol. The Hall–Kier alpha value is -0.810. The number of alkyl halides is 1. The van der Waals surface area contributed by atoms with Gasteiger partial charge in [0.15, 0.2) is 0 Å². The van der Waals surface area contributed by atoms with E-state index >= 15 is 0 Å². The molecular formula is C12H10Br2O3. The first-order valence-electron chi connectivity index (χ1n) is 5.10. The van der Waals surface area contributed by atoms with Gasteiger partial charge >= 0.3 is 5.97 Å². The van der Waals surface area contributed by atoms with E-state index in [0.717, 1.165) is 15.4 Å². The first kappa shape index (κ1) is 12.6. The molecule has 1 aromatic heterocycles. The van der Waals surface area contributed by atoms with Crippen LogP contribution in [0, 0.1) is 0 Å². The third-order valence-electron chi connectivity index (χ3n) is 2.28. The van der Waals surface area contributed by atoms with Gasteiger partial charge in [-0.3, -0.25) is 0 Å². The lowest BCUT2D eigenvalue weighted by Gasteiger charge is -1.98. The molecule has 0 aliphatic carbocycles. The molecule has 2 rings (SSSR count). The van der Waals surface area contributed by atoms with Crippen LogP contribution < -0.4 is 0 Å². The molecule has 3 nitrogen and oxygen atoms in total. The molecule has 90 valence electrons. The number of hydrogen-bond acceptors (Lipinski definition) is 3. The van der Waals surface area contributed by atoms with Gasteiger partial charge in [0.05, 0.1) is 6.61 Å². The summed E-state index contributed by atoms with van der Waals surface area (Å²) in [6.45, 7) is 2.10. The van der Waals surface area contributed by atoms with E-state index in [2.05, 4.69) is 31.9 Å². The van der Waals surface area contributed by atoms with Gasteiger partial charge in [0.1, 0.15) is 5.58 Å². The number of esters is 1. The summed E-state index contributed by atoms with van der Waals surface area (Å²) in [7, 11) is 0. The number of carbonyl (C=O) groups excluding carboxylic acids is 1. The highest BCUT2D eigenvalue weighted by Gasteiger charge is 2.15. The Kier molecular flexibility index (Phi) is 3.89. The molecule has 0 fully saturated rings. The Balaban J connectivity index is 2.53. The fourth-order valence-electron chi connectivity index (χ4n) is 1.59. The van der Waals surface area contributed by atoms with Crippen LogP contribution in [-0.4, -0.2) is 12.6 Å². The third kappa shape index (κ3) is 2.55. The minimum atomic E-state index is -0.430. The average molecular weight is 362 g/mol. The molecular weight excluding hydrogens is 352 g/mol. The molecule has 0 amide bonds. The van der Waals surface area contributed by atoms with E-state index in [0.29, 0.717) is 17.5 Å². The van der Waals surface area contributed by atoms with Crippen molar-refractivity contribution in [1.82, 2.24) is 0 Å². The predicted molar refractivity (Wildman–Crippen MR) is 72.5 cm³/mol. The SMILES string of the molecule is CCOC(=O)c1cc2cc(Br)cc(CBr)c2o1. The number of ether oxygens (including phenoxy) is 1. The number of carbonyl (C=O) groups is 1. The number of benzene rings is 1. The second kappa shape index (κ2) is 5.23. The van der Waals surface area contributed by atoms with Crippen LogP contribution in [0.5, 0.6) is 0 Å². The zero-order valence-electron chi connectivity index (χ0n) is 9.13. The van der Waals surface area contributed by atoms with Crippen molar-refractivity contribution in [3.63, 3.8) is 0 Å². The zero-order chi connectivity index (χ0) is 12.4. The predicted octanol–water partition coefficient (Wildman–Crippen LogP) is 4.27. The molecule has 0 aliphatic rings.